The zero-order valence-corrected chi connectivity index (χ0v) is 22.2. The number of benzene rings is 3. The molecule has 0 bridgehead atoms. The van der Waals surface area contributed by atoms with Gasteiger partial charge in [0.15, 0.2) is 11.6 Å². The maximum atomic E-state index is 13.3. The third kappa shape index (κ3) is 6.26. The smallest absolute Gasteiger partial charge is 0.193 e. The van der Waals surface area contributed by atoms with Gasteiger partial charge in [-0.05, 0) is 54.6 Å². The summed E-state index contributed by atoms with van der Waals surface area (Å²) in [6.07, 6.45) is 1.07. The zero-order valence-electron chi connectivity index (χ0n) is 22.2. The van der Waals surface area contributed by atoms with Crippen molar-refractivity contribution in [2.45, 2.75) is 24.4 Å². The maximum absolute atomic E-state index is 13.3. The lowest BCUT2D eigenvalue weighted by molar-refractivity contribution is 0.103. The molecule has 7 rings (SSSR count). The van der Waals surface area contributed by atoms with E-state index in [0.717, 1.165) is 64.0 Å². The van der Waals surface area contributed by atoms with Crippen LogP contribution >= 0.6 is 0 Å². The Morgan fingerprint density at radius 3 is 1.15 bits per heavy atom. The molecule has 8 heteroatoms. The Morgan fingerprint density at radius 1 is 0.525 bits per heavy atom. The highest BCUT2D eigenvalue weighted by Crippen LogP contribution is 2.26. The van der Waals surface area contributed by atoms with E-state index in [2.05, 4.69) is 9.80 Å². The van der Waals surface area contributed by atoms with Gasteiger partial charge < -0.3 is 28.7 Å². The van der Waals surface area contributed by atoms with Crippen LogP contribution in [0.5, 0.6) is 0 Å². The first kappa shape index (κ1) is 25.4. The largest absolute Gasteiger partial charge is 0.371 e. The van der Waals surface area contributed by atoms with Crippen molar-refractivity contribution in [1.82, 2.24) is 0 Å². The van der Waals surface area contributed by atoms with E-state index in [1.165, 1.54) is 0 Å². The van der Waals surface area contributed by atoms with Crippen LogP contribution in [0.15, 0.2) is 72.8 Å². The Balaban J connectivity index is 1.03. The summed E-state index contributed by atoms with van der Waals surface area (Å²) in [7, 11) is 0. The lowest BCUT2D eigenvalue weighted by Crippen LogP contribution is -2.31. The predicted octanol–water partition coefficient (Wildman–Crippen LogP) is 3.36. The lowest BCUT2D eigenvalue weighted by Gasteiger charge is -2.23. The molecule has 0 aromatic heterocycles. The number of ketones is 2. The summed E-state index contributed by atoms with van der Waals surface area (Å²) < 4.78 is 21.7. The minimum atomic E-state index is -0.112. The minimum absolute atomic E-state index is 0.112. The number of rotatable bonds is 14. The molecule has 4 aliphatic heterocycles. The van der Waals surface area contributed by atoms with Crippen molar-refractivity contribution in [1.29, 1.82) is 0 Å². The molecule has 0 amide bonds. The molecule has 0 aliphatic carbocycles. The molecule has 4 saturated heterocycles. The fraction of sp³-hybridized carbons (Fsp3) is 0.375. The topological polar surface area (TPSA) is 90.7 Å². The number of anilines is 2. The van der Waals surface area contributed by atoms with Crippen molar-refractivity contribution in [3.05, 3.63) is 95.1 Å². The van der Waals surface area contributed by atoms with Gasteiger partial charge in [0.2, 0.25) is 0 Å². The Labute approximate surface area is 233 Å². The molecule has 4 heterocycles. The molecule has 40 heavy (non-hydrogen) atoms. The monoisotopic (exact) mass is 540 g/mol. The van der Waals surface area contributed by atoms with Crippen molar-refractivity contribution in [2.75, 3.05) is 62.4 Å². The van der Waals surface area contributed by atoms with E-state index in [9.17, 15) is 9.59 Å². The molecule has 4 atom stereocenters. The summed E-state index contributed by atoms with van der Waals surface area (Å²) in [4.78, 5) is 31.2. The number of ether oxygens (including phenoxy) is 4. The predicted molar refractivity (Wildman–Crippen MR) is 150 cm³/mol. The summed E-state index contributed by atoms with van der Waals surface area (Å²) >= 11 is 0. The van der Waals surface area contributed by atoms with Crippen LogP contribution in [0, 0.1) is 0 Å². The first-order chi connectivity index (χ1) is 19.6. The fourth-order valence-corrected chi connectivity index (χ4v) is 5.03. The Hall–Kier alpha value is -3.56. The normalized spacial score (nSPS) is 23.8. The third-order valence-electron chi connectivity index (χ3n) is 7.68. The highest BCUT2D eigenvalue weighted by Gasteiger charge is 2.32. The van der Waals surface area contributed by atoms with Gasteiger partial charge in [-0.1, -0.05) is 18.2 Å². The summed E-state index contributed by atoms with van der Waals surface area (Å²) in [6.45, 7) is 6.45. The molecule has 206 valence electrons. The summed E-state index contributed by atoms with van der Waals surface area (Å²) in [6, 6.07) is 22.3. The van der Waals surface area contributed by atoms with Crippen LogP contribution < -0.4 is 9.80 Å². The highest BCUT2D eigenvalue weighted by molar-refractivity contribution is 6.13. The molecular formula is C32H32N2O6. The highest BCUT2D eigenvalue weighted by atomic mass is 16.6. The van der Waals surface area contributed by atoms with Gasteiger partial charge in [-0.3, -0.25) is 9.59 Å². The van der Waals surface area contributed by atoms with Crippen molar-refractivity contribution in [3.8, 4) is 0 Å². The Morgan fingerprint density at radius 2 is 0.850 bits per heavy atom. The van der Waals surface area contributed by atoms with Gasteiger partial charge in [-0.2, -0.15) is 0 Å². The van der Waals surface area contributed by atoms with Crippen LogP contribution in [-0.4, -0.2) is 88.6 Å². The summed E-state index contributed by atoms with van der Waals surface area (Å²) in [5.74, 6) is -0.223. The molecule has 4 fully saturated rings. The molecule has 0 N–H and O–H groups in total. The van der Waals surface area contributed by atoms with E-state index in [1.807, 2.05) is 48.5 Å². The van der Waals surface area contributed by atoms with E-state index >= 15 is 0 Å². The SMILES string of the molecule is O=C(c1ccc(N(CC2CO2)CC2CO2)cc1)c1cccc(C(=O)c2ccc(N(CC3CO3)CC3CO3)cc2)c1. The average Bonchev–Trinajstić information content (AvgIpc) is 3.81. The van der Waals surface area contributed by atoms with Gasteiger partial charge >= 0.3 is 0 Å². The minimum Gasteiger partial charge on any atom is -0.371 e. The number of hydrogen-bond donors (Lipinski definition) is 0. The molecule has 4 aliphatic rings. The number of carbonyl (C=O) groups excluding carboxylic acids is 2. The van der Waals surface area contributed by atoms with Crippen LogP contribution in [-0.2, 0) is 18.9 Å². The first-order valence-corrected chi connectivity index (χ1v) is 13.9. The van der Waals surface area contributed by atoms with E-state index in [0.29, 0.717) is 22.3 Å². The lowest BCUT2D eigenvalue weighted by atomic mass is 9.97. The second-order valence-corrected chi connectivity index (χ2v) is 11.0. The number of epoxide rings is 4. The van der Waals surface area contributed by atoms with Crippen LogP contribution in [0.3, 0.4) is 0 Å². The fourth-order valence-electron chi connectivity index (χ4n) is 5.03. The third-order valence-corrected chi connectivity index (χ3v) is 7.68. The molecule has 8 nitrogen and oxygen atoms in total. The van der Waals surface area contributed by atoms with Crippen LogP contribution in [0.4, 0.5) is 11.4 Å². The molecule has 4 unspecified atom stereocenters. The van der Waals surface area contributed by atoms with E-state index < -0.39 is 0 Å². The quantitative estimate of drug-likeness (QED) is 0.227. The first-order valence-electron chi connectivity index (χ1n) is 13.9. The van der Waals surface area contributed by atoms with Gasteiger partial charge in [0.1, 0.15) is 0 Å². The van der Waals surface area contributed by atoms with E-state index in [4.69, 9.17) is 18.9 Å². The van der Waals surface area contributed by atoms with E-state index in [1.54, 1.807) is 24.3 Å². The van der Waals surface area contributed by atoms with Gasteiger partial charge in [0, 0.05) is 59.8 Å². The molecule has 3 aromatic carbocycles. The van der Waals surface area contributed by atoms with Crippen molar-refractivity contribution < 1.29 is 28.5 Å². The van der Waals surface area contributed by atoms with Crippen molar-refractivity contribution in [2.24, 2.45) is 0 Å². The number of hydrogen-bond acceptors (Lipinski definition) is 8. The number of nitrogens with zero attached hydrogens (tertiary/aromatic N) is 2. The molecule has 3 aromatic rings. The van der Waals surface area contributed by atoms with Crippen LogP contribution in [0.1, 0.15) is 31.8 Å². The molecular weight excluding hydrogens is 508 g/mol. The van der Waals surface area contributed by atoms with Crippen LogP contribution in [0.25, 0.3) is 0 Å². The van der Waals surface area contributed by atoms with Crippen LogP contribution in [0.2, 0.25) is 0 Å². The summed E-state index contributed by atoms with van der Waals surface area (Å²) in [5.41, 5.74) is 4.24. The Kier molecular flexibility index (Phi) is 6.85. The standard InChI is InChI=1S/C32H32N2O6/c35-31(21-4-8-25(9-5-21)33(13-27-17-37-27)14-28-18-38-28)23-2-1-3-24(12-23)32(36)22-6-10-26(11-7-22)34(15-29-19-39-29)16-30-20-40-30/h1-12,27-30H,13-20H2. The number of carbonyl (C=O) groups is 2. The second kappa shape index (κ2) is 10.8. The van der Waals surface area contributed by atoms with Crippen molar-refractivity contribution >= 4 is 22.9 Å². The van der Waals surface area contributed by atoms with Gasteiger partial charge in [-0.15, -0.1) is 0 Å². The molecule has 0 radical (unpaired) electrons. The Bertz CT molecular complexity index is 1240. The maximum Gasteiger partial charge on any atom is 0.193 e. The molecule has 0 saturated carbocycles. The zero-order chi connectivity index (χ0) is 27.1. The molecule has 0 spiro atoms. The summed E-state index contributed by atoms with van der Waals surface area (Å²) in [5, 5.41) is 0. The second-order valence-electron chi connectivity index (χ2n) is 11.0. The van der Waals surface area contributed by atoms with Gasteiger partial charge in [-0.25, -0.2) is 0 Å². The van der Waals surface area contributed by atoms with Gasteiger partial charge in [0.05, 0.1) is 50.8 Å². The van der Waals surface area contributed by atoms with E-state index in [-0.39, 0.29) is 36.0 Å². The van der Waals surface area contributed by atoms with Gasteiger partial charge in [0.25, 0.3) is 0 Å². The van der Waals surface area contributed by atoms with Crippen molar-refractivity contribution in [3.63, 3.8) is 0 Å². The average molecular weight is 541 g/mol.